The molecular formula is C20H24N4O2. The van der Waals surface area contributed by atoms with Gasteiger partial charge in [-0.2, -0.15) is 0 Å². The summed E-state index contributed by atoms with van der Waals surface area (Å²) in [5.41, 5.74) is 10.5. The van der Waals surface area contributed by atoms with Crippen molar-refractivity contribution < 1.29 is 9.59 Å². The molecule has 1 aromatic heterocycles. The average molecular weight is 352 g/mol. The van der Waals surface area contributed by atoms with Crippen molar-refractivity contribution in [2.75, 3.05) is 18.4 Å². The number of primary amides is 1. The van der Waals surface area contributed by atoms with E-state index < -0.39 is 5.91 Å². The number of aryl methyl sites for hydroxylation is 2. The van der Waals surface area contributed by atoms with Crippen LogP contribution in [0, 0.1) is 0 Å². The third-order valence-electron chi connectivity index (χ3n) is 5.55. The summed E-state index contributed by atoms with van der Waals surface area (Å²) in [5.74, 6) is -0.439. The molecule has 1 aliphatic heterocycles. The van der Waals surface area contributed by atoms with E-state index in [1.165, 1.54) is 17.3 Å². The molecule has 1 atom stereocenters. The molecule has 2 aliphatic rings. The van der Waals surface area contributed by atoms with Gasteiger partial charge in [-0.15, -0.1) is 0 Å². The molecule has 6 heteroatoms. The number of hydrogen-bond acceptors (Lipinski definition) is 3. The lowest BCUT2D eigenvalue weighted by molar-refractivity contribution is -0.125. The Kier molecular flexibility index (Phi) is 4.18. The fourth-order valence-electron chi connectivity index (χ4n) is 4.27. The number of nitrogens with two attached hydrogens (primary N) is 1. The molecule has 4 N–H and O–H groups in total. The van der Waals surface area contributed by atoms with Gasteiger partial charge in [-0.1, -0.05) is 6.58 Å². The number of nitrogens with one attached hydrogen (secondary N) is 2. The highest BCUT2D eigenvalue weighted by Crippen LogP contribution is 2.36. The molecule has 1 aliphatic carbocycles. The summed E-state index contributed by atoms with van der Waals surface area (Å²) in [6, 6.07) is 3.93. The van der Waals surface area contributed by atoms with Gasteiger partial charge in [0, 0.05) is 35.9 Å². The quantitative estimate of drug-likeness (QED) is 0.738. The van der Waals surface area contributed by atoms with E-state index in [9.17, 15) is 9.59 Å². The number of nitrogens with zero attached hydrogens (tertiary/aromatic N) is 1. The summed E-state index contributed by atoms with van der Waals surface area (Å²) < 4.78 is 0. The standard InChI is InChI=1S/C20H24N4O2/c1-2-17(25)24-10-9-12(11-24)22-16-8-7-14(20(21)26)19-18(16)13-5-3-4-6-15(13)23-19/h2,7-8,12,22-23H,1,3-6,9-11H2,(H2,21,26). The number of hydrogen-bond donors (Lipinski definition) is 3. The zero-order valence-corrected chi connectivity index (χ0v) is 14.8. The summed E-state index contributed by atoms with van der Waals surface area (Å²) >= 11 is 0. The van der Waals surface area contributed by atoms with E-state index in [1.807, 2.05) is 11.0 Å². The molecule has 2 amide bonds. The zero-order chi connectivity index (χ0) is 18.3. The van der Waals surface area contributed by atoms with Crippen molar-refractivity contribution in [3.05, 3.63) is 41.6 Å². The van der Waals surface area contributed by atoms with Crippen LogP contribution in [0.1, 0.15) is 40.9 Å². The molecule has 1 fully saturated rings. The molecule has 2 aromatic rings. The molecule has 0 radical (unpaired) electrons. The van der Waals surface area contributed by atoms with E-state index >= 15 is 0 Å². The Bertz CT molecular complexity index is 899. The fourth-order valence-corrected chi connectivity index (χ4v) is 4.27. The van der Waals surface area contributed by atoms with Crippen LogP contribution in [0.3, 0.4) is 0 Å². The number of amides is 2. The molecule has 4 rings (SSSR count). The Hall–Kier alpha value is -2.76. The lowest BCUT2D eigenvalue weighted by Gasteiger charge is -2.18. The van der Waals surface area contributed by atoms with Crippen LogP contribution in [0.5, 0.6) is 0 Å². The highest BCUT2D eigenvalue weighted by atomic mass is 16.2. The number of carbonyl (C=O) groups is 2. The zero-order valence-electron chi connectivity index (χ0n) is 14.8. The van der Waals surface area contributed by atoms with E-state index in [1.54, 1.807) is 6.07 Å². The Balaban J connectivity index is 1.70. The molecular weight excluding hydrogens is 328 g/mol. The first-order valence-corrected chi connectivity index (χ1v) is 9.22. The number of H-pyrrole nitrogens is 1. The van der Waals surface area contributed by atoms with E-state index in [-0.39, 0.29) is 11.9 Å². The van der Waals surface area contributed by atoms with E-state index in [2.05, 4.69) is 16.9 Å². The van der Waals surface area contributed by atoms with Crippen molar-refractivity contribution in [1.82, 2.24) is 9.88 Å². The summed E-state index contributed by atoms with van der Waals surface area (Å²) in [6.45, 7) is 4.96. The smallest absolute Gasteiger partial charge is 0.250 e. The number of likely N-dealkylation sites (tertiary alicyclic amines) is 1. The Morgan fingerprint density at radius 3 is 2.88 bits per heavy atom. The number of anilines is 1. The number of aromatic amines is 1. The first-order chi connectivity index (χ1) is 12.6. The van der Waals surface area contributed by atoms with Crippen molar-refractivity contribution >= 4 is 28.4 Å². The number of aromatic nitrogens is 1. The van der Waals surface area contributed by atoms with Crippen molar-refractivity contribution in [1.29, 1.82) is 0 Å². The van der Waals surface area contributed by atoms with Gasteiger partial charge in [0.05, 0.1) is 11.1 Å². The third-order valence-corrected chi connectivity index (χ3v) is 5.55. The number of carbonyl (C=O) groups excluding carboxylic acids is 2. The largest absolute Gasteiger partial charge is 0.380 e. The van der Waals surface area contributed by atoms with Crippen LogP contribution in [-0.2, 0) is 17.6 Å². The molecule has 2 heterocycles. The minimum atomic E-state index is -0.413. The molecule has 0 saturated carbocycles. The van der Waals surface area contributed by atoms with Crippen molar-refractivity contribution in [2.24, 2.45) is 5.73 Å². The van der Waals surface area contributed by atoms with E-state index in [0.717, 1.165) is 55.2 Å². The van der Waals surface area contributed by atoms with Crippen molar-refractivity contribution in [3.8, 4) is 0 Å². The SMILES string of the molecule is C=CC(=O)N1CCC(Nc2ccc(C(N)=O)c3[nH]c4c(c23)CCCC4)C1. The fraction of sp³-hybridized carbons (Fsp3) is 0.400. The third kappa shape index (κ3) is 2.75. The number of fused-ring (bicyclic) bond motifs is 3. The number of rotatable bonds is 4. The maximum atomic E-state index is 11.9. The summed E-state index contributed by atoms with van der Waals surface area (Å²) in [5, 5.41) is 4.68. The van der Waals surface area contributed by atoms with Gasteiger partial charge in [0.1, 0.15) is 0 Å². The van der Waals surface area contributed by atoms with Crippen LogP contribution in [-0.4, -0.2) is 40.8 Å². The first-order valence-electron chi connectivity index (χ1n) is 9.22. The molecule has 1 aromatic carbocycles. The van der Waals surface area contributed by atoms with Crippen molar-refractivity contribution in [3.63, 3.8) is 0 Å². The Labute approximate surface area is 152 Å². The highest BCUT2D eigenvalue weighted by Gasteiger charge is 2.27. The van der Waals surface area contributed by atoms with E-state index in [4.69, 9.17) is 5.73 Å². The van der Waals surface area contributed by atoms with Crippen LogP contribution in [0.25, 0.3) is 10.9 Å². The second kappa shape index (κ2) is 6.52. The minimum Gasteiger partial charge on any atom is -0.380 e. The molecule has 0 spiro atoms. The van der Waals surface area contributed by atoms with Gasteiger partial charge in [-0.25, -0.2) is 0 Å². The van der Waals surface area contributed by atoms with Gasteiger partial charge in [-0.3, -0.25) is 9.59 Å². The van der Waals surface area contributed by atoms with Crippen LogP contribution in [0.2, 0.25) is 0 Å². The van der Waals surface area contributed by atoms with Gasteiger partial charge >= 0.3 is 0 Å². The lowest BCUT2D eigenvalue weighted by atomic mass is 9.94. The van der Waals surface area contributed by atoms with Crippen LogP contribution in [0.4, 0.5) is 5.69 Å². The second-order valence-electron chi connectivity index (χ2n) is 7.18. The van der Waals surface area contributed by atoms with Crippen LogP contribution < -0.4 is 11.1 Å². The molecule has 1 saturated heterocycles. The van der Waals surface area contributed by atoms with Crippen LogP contribution in [0.15, 0.2) is 24.8 Å². The molecule has 26 heavy (non-hydrogen) atoms. The van der Waals surface area contributed by atoms with Gasteiger partial charge in [0.25, 0.3) is 5.91 Å². The minimum absolute atomic E-state index is 0.0254. The monoisotopic (exact) mass is 352 g/mol. The second-order valence-corrected chi connectivity index (χ2v) is 7.18. The topological polar surface area (TPSA) is 91.2 Å². The predicted octanol–water partition coefficient (Wildman–Crippen LogP) is 2.34. The highest BCUT2D eigenvalue weighted by molar-refractivity contribution is 6.10. The van der Waals surface area contributed by atoms with Gasteiger partial charge in [-0.05, 0) is 55.9 Å². The average Bonchev–Trinajstić information content (AvgIpc) is 3.25. The molecule has 6 nitrogen and oxygen atoms in total. The Morgan fingerprint density at radius 1 is 1.31 bits per heavy atom. The Morgan fingerprint density at radius 2 is 2.12 bits per heavy atom. The maximum Gasteiger partial charge on any atom is 0.250 e. The molecule has 136 valence electrons. The lowest BCUT2D eigenvalue weighted by Crippen LogP contribution is -2.30. The summed E-state index contributed by atoms with van der Waals surface area (Å²) in [6.07, 6.45) is 6.60. The predicted molar refractivity (Wildman–Crippen MR) is 102 cm³/mol. The van der Waals surface area contributed by atoms with Gasteiger partial charge < -0.3 is 20.9 Å². The summed E-state index contributed by atoms with van der Waals surface area (Å²) in [4.78, 5) is 28.9. The van der Waals surface area contributed by atoms with E-state index in [0.29, 0.717) is 12.1 Å². The first kappa shape index (κ1) is 16.7. The molecule has 0 bridgehead atoms. The van der Waals surface area contributed by atoms with Gasteiger partial charge in [0.15, 0.2) is 0 Å². The van der Waals surface area contributed by atoms with Crippen LogP contribution >= 0.6 is 0 Å². The van der Waals surface area contributed by atoms with Gasteiger partial charge in [0.2, 0.25) is 5.91 Å². The maximum absolute atomic E-state index is 11.9. The van der Waals surface area contributed by atoms with Crippen molar-refractivity contribution in [2.45, 2.75) is 38.1 Å². The number of benzene rings is 1. The molecule has 1 unspecified atom stereocenters. The summed E-state index contributed by atoms with van der Waals surface area (Å²) in [7, 11) is 0. The normalized spacial score (nSPS) is 19.4.